The molecule has 1 amide bonds. The number of amides is 1. The molecule has 1 aromatic rings. The first kappa shape index (κ1) is 13.6. The largest absolute Gasteiger partial charge is 0.484 e. The molecule has 0 atom stereocenters. The van der Waals surface area contributed by atoms with Crippen LogP contribution in [0.15, 0.2) is 30.9 Å². The first-order chi connectivity index (χ1) is 8.13. The Morgan fingerprint density at radius 2 is 2.35 bits per heavy atom. The van der Waals surface area contributed by atoms with Crippen LogP contribution in [0.4, 0.5) is 0 Å². The molecule has 0 bridgehead atoms. The average molecular weight is 254 g/mol. The van der Waals surface area contributed by atoms with Gasteiger partial charge in [0.15, 0.2) is 6.61 Å². The number of rotatable bonds is 6. The minimum absolute atomic E-state index is 0.0121. The third-order valence-corrected chi connectivity index (χ3v) is 2.59. The van der Waals surface area contributed by atoms with Gasteiger partial charge in [-0.25, -0.2) is 0 Å². The van der Waals surface area contributed by atoms with Gasteiger partial charge in [0.2, 0.25) is 0 Å². The minimum Gasteiger partial charge on any atom is -0.484 e. The van der Waals surface area contributed by atoms with Gasteiger partial charge in [0.1, 0.15) is 5.75 Å². The highest BCUT2D eigenvalue weighted by Gasteiger charge is 2.03. The molecule has 0 spiro atoms. The SMILES string of the molecule is C=CCCNC(=O)COc1ccc(Cl)c(C)c1. The molecule has 0 aliphatic heterocycles. The van der Waals surface area contributed by atoms with Gasteiger partial charge < -0.3 is 10.1 Å². The molecule has 0 saturated heterocycles. The first-order valence-electron chi connectivity index (χ1n) is 5.40. The Morgan fingerprint density at radius 3 is 3.00 bits per heavy atom. The molecule has 0 aliphatic rings. The Morgan fingerprint density at radius 1 is 1.59 bits per heavy atom. The van der Waals surface area contributed by atoms with Crippen molar-refractivity contribution in [1.29, 1.82) is 0 Å². The molecule has 0 aliphatic carbocycles. The lowest BCUT2D eigenvalue weighted by atomic mass is 10.2. The molecule has 0 radical (unpaired) electrons. The summed E-state index contributed by atoms with van der Waals surface area (Å²) >= 11 is 5.88. The lowest BCUT2D eigenvalue weighted by molar-refractivity contribution is -0.123. The molecular weight excluding hydrogens is 238 g/mol. The van der Waals surface area contributed by atoms with Gasteiger partial charge in [0.25, 0.3) is 5.91 Å². The quantitative estimate of drug-likeness (QED) is 0.625. The van der Waals surface area contributed by atoms with Gasteiger partial charge in [-0.3, -0.25) is 4.79 Å². The Bertz CT molecular complexity index is 404. The monoisotopic (exact) mass is 253 g/mol. The van der Waals surface area contributed by atoms with Crippen molar-refractivity contribution in [2.24, 2.45) is 0 Å². The van der Waals surface area contributed by atoms with Gasteiger partial charge >= 0.3 is 0 Å². The number of hydrogen-bond acceptors (Lipinski definition) is 2. The fourth-order valence-electron chi connectivity index (χ4n) is 1.22. The Balaban J connectivity index is 2.36. The highest BCUT2D eigenvalue weighted by atomic mass is 35.5. The van der Waals surface area contributed by atoms with E-state index in [2.05, 4.69) is 11.9 Å². The molecule has 0 fully saturated rings. The summed E-state index contributed by atoms with van der Waals surface area (Å²) in [7, 11) is 0. The lowest BCUT2D eigenvalue weighted by Crippen LogP contribution is -2.29. The van der Waals surface area contributed by atoms with Gasteiger partial charge in [0, 0.05) is 11.6 Å². The van der Waals surface area contributed by atoms with Crippen LogP contribution in [0.5, 0.6) is 5.75 Å². The summed E-state index contributed by atoms with van der Waals surface area (Å²) in [6, 6.07) is 5.30. The van der Waals surface area contributed by atoms with E-state index >= 15 is 0 Å². The lowest BCUT2D eigenvalue weighted by Gasteiger charge is -2.07. The predicted octanol–water partition coefficient (Wildman–Crippen LogP) is 2.72. The van der Waals surface area contributed by atoms with Crippen LogP contribution >= 0.6 is 11.6 Å². The summed E-state index contributed by atoms with van der Waals surface area (Å²) in [5, 5.41) is 3.41. The number of carbonyl (C=O) groups excluding carboxylic acids is 1. The van der Waals surface area contributed by atoms with Crippen molar-refractivity contribution < 1.29 is 9.53 Å². The van der Waals surface area contributed by atoms with Crippen LogP contribution in [-0.2, 0) is 4.79 Å². The Kier molecular flexibility index (Phi) is 5.57. The fourth-order valence-corrected chi connectivity index (χ4v) is 1.34. The third kappa shape index (κ3) is 4.91. The maximum atomic E-state index is 11.3. The molecule has 0 unspecified atom stereocenters. The highest BCUT2D eigenvalue weighted by Crippen LogP contribution is 2.20. The molecule has 4 heteroatoms. The zero-order valence-corrected chi connectivity index (χ0v) is 10.6. The number of hydrogen-bond donors (Lipinski definition) is 1. The van der Waals surface area contributed by atoms with Gasteiger partial charge in [-0.15, -0.1) is 6.58 Å². The zero-order valence-electron chi connectivity index (χ0n) is 9.83. The molecule has 3 nitrogen and oxygen atoms in total. The van der Waals surface area contributed by atoms with E-state index in [0.29, 0.717) is 17.3 Å². The van der Waals surface area contributed by atoms with Gasteiger partial charge in [0.05, 0.1) is 0 Å². The third-order valence-electron chi connectivity index (χ3n) is 2.17. The summed E-state index contributed by atoms with van der Waals surface area (Å²) in [6.45, 7) is 6.06. The molecule has 17 heavy (non-hydrogen) atoms. The Labute approximate surface area is 106 Å². The summed E-state index contributed by atoms with van der Waals surface area (Å²) in [5.74, 6) is 0.505. The number of ether oxygens (including phenoxy) is 1. The van der Waals surface area contributed by atoms with Crippen molar-refractivity contribution in [1.82, 2.24) is 5.32 Å². The van der Waals surface area contributed by atoms with Crippen molar-refractivity contribution in [3.8, 4) is 5.75 Å². The fraction of sp³-hybridized carbons (Fsp3) is 0.308. The average Bonchev–Trinajstić information content (AvgIpc) is 2.31. The van der Waals surface area contributed by atoms with Crippen LogP contribution in [0.2, 0.25) is 5.02 Å². The summed E-state index contributed by atoms with van der Waals surface area (Å²) in [6.07, 6.45) is 2.51. The summed E-state index contributed by atoms with van der Waals surface area (Å²) < 4.78 is 5.34. The van der Waals surface area contributed by atoms with Crippen LogP contribution in [0.25, 0.3) is 0 Å². The normalized spacial score (nSPS) is 9.76. The van der Waals surface area contributed by atoms with Gasteiger partial charge in [-0.1, -0.05) is 17.7 Å². The molecule has 0 heterocycles. The van der Waals surface area contributed by atoms with Crippen molar-refractivity contribution in [3.05, 3.63) is 41.4 Å². The maximum absolute atomic E-state index is 11.3. The van der Waals surface area contributed by atoms with Crippen LogP contribution in [-0.4, -0.2) is 19.1 Å². The standard InChI is InChI=1S/C13H16ClNO2/c1-3-4-7-15-13(16)9-17-11-5-6-12(14)10(2)8-11/h3,5-6,8H,1,4,7,9H2,2H3,(H,15,16). The van der Waals surface area contributed by atoms with Crippen LogP contribution in [0.1, 0.15) is 12.0 Å². The van der Waals surface area contributed by atoms with E-state index in [1.807, 2.05) is 6.92 Å². The molecule has 92 valence electrons. The zero-order chi connectivity index (χ0) is 12.7. The maximum Gasteiger partial charge on any atom is 0.257 e. The molecule has 1 aromatic carbocycles. The van der Waals surface area contributed by atoms with Crippen molar-refractivity contribution in [2.75, 3.05) is 13.2 Å². The number of halogens is 1. The predicted molar refractivity (Wildman–Crippen MR) is 69.5 cm³/mol. The van der Waals surface area contributed by atoms with Crippen LogP contribution in [0, 0.1) is 6.92 Å². The molecular formula is C13H16ClNO2. The summed E-state index contributed by atoms with van der Waals surface area (Å²) in [5.41, 5.74) is 0.927. The first-order valence-corrected chi connectivity index (χ1v) is 5.78. The van der Waals surface area contributed by atoms with Crippen LogP contribution in [0.3, 0.4) is 0 Å². The van der Waals surface area contributed by atoms with Crippen molar-refractivity contribution >= 4 is 17.5 Å². The number of aryl methyl sites for hydroxylation is 1. The number of nitrogens with one attached hydrogen (secondary N) is 1. The summed E-state index contributed by atoms with van der Waals surface area (Å²) in [4.78, 5) is 11.3. The smallest absolute Gasteiger partial charge is 0.257 e. The number of benzene rings is 1. The van der Waals surface area contributed by atoms with E-state index in [4.69, 9.17) is 16.3 Å². The second kappa shape index (κ2) is 6.97. The van der Waals surface area contributed by atoms with Gasteiger partial charge in [-0.2, -0.15) is 0 Å². The molecule has 0 saturated carbocycles. The topological polar surface area (TPSA) is 38.3 Å². The van der Waals surface area contributed by atoms with E-state index in [0.717, 1.165) is 12.0 Å². The van der Waals surface area contributed by atoms with Crippen LogP contribution < -0.4 is 10.1 Å². The second-order valence-corrected chi connectivity index (χ2v) is 4.03. The van der Waals surface area contributed by atoms with E-state index in [9.17, 15) is 4.79 Å². The molecule has 1 rings (SSSR count). The van der Waals surface area contributed by atoms with E-state index in [1.165, 1.54) is 0 Å². The van der Waals surface area contributed by atoms with E-state index < -0.39 is 0 Å². The molecule has 1 N–H and O–H groups in total. The van der Waals surface area contributed by atoms with E-state index in [1.54, 1.807) is 24.3 Å². The minimum atomic E-state index is -0.139. The van der Waals surface area contributed by atoms with Crippen molar-refractivity contribution in [2.45, 2.75) is 13.3 Å². The van der Waals surface area contributed by atoms with E-state index in [-0.39, 0.29) is 12.5 Å². The second-order valence-electron chi connectivity index (χ2n) is 3.63. The Hall–Kier alpha value is -1.48. The molecule has 0 aromatic heterocycles. The number of carbonyl (C=O) groups is 1. The highest BCUT2D eigenvalue weighted by molar-refractivity contribution is 6.31. The van der Waals surface area contributed by atoms with Gasteiger partial charge in [-0.05, 0) is 37.1 Å². The van der Waals surface area contributed by atoms with Crippen molar-refractivity contribution in [3.63, 3.8) is 0 Å².